The van der Waals surface area contributed by atoms with E-state index in [-0.39, 0.29) is 5.84 Å². The van der Waals surface area contributed by atoms with Gasteiger partial charge in [-0.2, -0.15) is 0 Å². The Morgan fingerprint density at radius 1 is 1.37 bits per heavy atom. The van der Waals surface area contributed by atoms with Gasteiger partial charge in [0.15, 0.2) is 11.0 Å². The number of thioether (sulfide) groups is 1. The van der Waals surface area contributed by atoms with Crippen molar-refractivity contribution in [3.8, 4) is 0 Å². The highest BCUT2D eigenvalue weighted by molar-refractivity contribution is 7.98. The lowest BCUT2D eigenvalue weighted by Crippen LogP contribution is -2.17. The minimum atomic E-state index is 0.00126. The molecule has 2 aromatic heterocycles. The van der Waals surface area contributed by atoms with Crippen molar-refractivity contribution in [3.05, 3.63) is 47.5 Å². The van der Waals surface area contributed by atoms with Crippen LogP contribution in [-0.2, 0) is 5.75 Å². The van der Waals surface area contributed by atoms with E-state index in [1.807, 2.05) is 19.1 Å². The van der Waals surface area contributed by atoms with Crippen molar-refractivity contribution in [2.24, 2.45) is 10.9 Å². The van der Waals surface area contributed by atoms with Crippen molar-refractivity contribution in [2.75, 3.05) is 0 Å². The van der Waals surface area contributed by atoms with Crippen molar-refractivity contribution < 1.29 is 5.21 Å². The number of nitrogens with two attached hydrogens (primary N) is 1. The van der Waals surface area contributed by atoms with Gasteiger partial charge in [0, 0.05) is 23.8 Å². The van der Waals surface area contributed by atoms with Crippen molar-refractivity contribution in [3.63, 3.8) is 0 Å². The van der Waals surface area contributed by atoms with E-state index >= 15 is 0 Å². The van der Waals surface area contributed by atoms with E-state index in [2.05, 4.69) is 20.1 Å². The minimum absolute atomic E-state index is 0.00126. The standard InChI is InChI=1S/C12H13N5OS/c1-8-4-6-15-12(16-8)19-7-9-3-2-5-14-10(9)11(13)17-18/h2-6,18H,7H2,1H3,(H2,13,17). The van der Waals surface area contributed by atoms with Gasteiger partial charge in [0.2, 0.25) is 0 Å². The van der Waals surface area contributed by atoms with E-state index < -0.39 is 0 Å². The molecule has 0 spiro atoms. The quantitative estimate of drug-likeness (QED) is 0.219. The molecule has 0 unspecified atom stereocenters. The molecule has 6 nitrogen and oxygen atoms in total. The zero-order valence-corrected chi connectivity index (χ0v) is 11.1. The molecule has 2 aromatic rings. The number of oxime groups is 1. The fourth-order valence-electron chi connectivity index (χ4n) is 1.47. The predicted molar refractivity (Wildman–Crippen MR) is 73.1 cm³/mol. The summed E-state index contributed by atoms with van der Waals surface area (Å²) in [6.45, 7) is 1.91. The molecule has 0 aromatic carbocycles. The number of nitrogens with zero attached hydrogens (tertiary/aromatic N) is 4. The number of hydrogen-bond donors (Lipinski definition) is 2. The molecule has 0 bridgehead atoms. The highest BCUT2D eigenvalue weighted by atomic mass is 32.2. The van der Waals surface area contributed by atoms with Crippen LogP contribution in [0.3, 0.4) is 0 Å². The molecule has 3 N–H and O–H groups in total. The number of amidine groups is 1. The summed E-state index contributed by atoms with van der Waals surface area (Å²) in [7, 11) is 0. The van der Waals surface area contributed by atoms with Gasteiger partial charge in [-0.05, 0) is 24.6 Å². The molecule has 0 amide bonds. The lowest BCUT2D eigenvalue weighted by atomic mass is 10.2. The van der Waals surface area contributed by atoms with Crippen LogP contribution in [0.5, 0.6) is 0 Å². The second-order valence-electron chi connectivity index (χ2n) is 3.77. The molecule has 0 fully saturated rings. The molecule has 0 atom stereocenters. The summed E-state index contributed by atoms with van der Waals surface area (Å²) in [5, 5.41) is 12.4. The summed E-state index contributed by atoms with van der Waals surface area (Å²) < 4.78 is 0. The van der Waals surface area contributed by atoms with E-state index in [0.29, 0.717) is 16.6 Å². The first-order valence-electron chi connectivity index (χ1n) is 5.55. The molecule has 2 rings (SSSR count). The Labute approximate surface area is 114 Å². The highest BCUT2D eigenvalue weighted by Gasteiger charge is 2.09. The monoisotopic (exact) mass is 275 g/mol. The lowest BCUT2D eigenvalue weighted by molar-refractivity contribution is 0.318. The Hall–Kier alpha value is -2.15. The van der Waals surface area contributed by atoms with Gasteiger partial charge >= 0.3 is 0 Å². The van der Waals surface area contributed by atoms with Gasteiger partial charge in [-0.25, -0.2) is 9.97 Å². The average molecular weight is 275 g/mol. The third-order valence-electron chi connectivity index (χ3n) is 2.37. The van der Waals surface area contributed by atoms with Crippen LogP contribution in [0.15, 0.2) is 40.9 Å². The van der Waals surface area contributed by atoms with Crippen molar-refractivity contribution in [1.29, 1.82) is 0 Å². The van der Waals surface area contributed by atoms with Crippen LogP contribution in [0.25, 0.3) is 0 Å². The lowest BCUT2D eigenvalue weighted by Gasteiger charge is -2.06. The molecule has 19 heavy (non-hydrogen) atoms. The highest BCUT2D eigenvalue weighted by Crippen LogP contribution is 2.20. The Morgan fingerprint density at radius 2 is 2.21 bits per heavy atom. The zero-order chi connectivity index (χ0) is 13.7. The molecule has 0 aliphatic carbocycles. The van der Waals surface area contributed by atoms with Gasteiger partial charge in [0.25, 0.3) is 0 Å². The van der Waals surface area contributed by atoms with Crippen LogP contribution < -0.4 is 5.73 Å². The summed E-state index contributed by atoms with van der Waals surface area (Å²) in [6.07, 6.45) is 3.32. The number of pyridine rings is 1. The molecular weight excluding hydrogens is 262 g/mol. The second kappa shape index (κ2) is 6.14. The Morgan fingerprint density at radius 3 is 2.95 bits per heavy atom. The Bertz CT molecular complexity index is 602. The van der Waals surface area contributed by atoms with Gasteiger partial charge in [-0.3, -0.25) is 4.98 Å². The molecule has 98 valence electrons. The third-order valence-corrected chi connectivity index (χ3v) is 3.28. The maximum Gasteiger partial charge on any atom is 0.189 e. The molecule has 0 saturated carbocycles. The minimum Gasteiger partial charge on any atom is -0.409 e. The van der Waals surface area contributed by atoms with Gasteiger partial charge in [0.05, 0.1) is 0 Å². The number of aryl methyl sites for hydroxylation is 1. The largest absolute Gasteiger partial charge is 0.409 e. The van der Waals surface area contributed by atoms with Gasteiger partial charge in [-0.15, -0.1) is 0 Å². The molecule has 2 heterocycles. The third kappa shape index (κ3) is 3.41. The van der Waals surface area contributed by atoms with Gasteiger partial charge < -0.3 is 10.9 Å². The Balaban J connectivity index is 2.16. The van der Waals surface area contributed by atoms with E-state index in [4.69, 9.17) is 10.9 Å². The Kier molecular flexibility index (Phi) is 4.30. The van der Waals surface area contributed by atoms with Crippen molar-refractivity contribution in [2.45, 2.75) is 17.8 Å². The number of hydrogen-bond acceptors (Lipinski definition) is 6. The van der Waals surface area contributed by atoms with Crippen LogP contribution in [0.4, 0.5) is 0 Å². The van der Waals surface area contributed by atoms with E-state index in [1.165, 1.54) is 11.8 Å². The fraction of sp³-hybridized carbons (Fsp3) is 0.167. The number of aromatic nitrogens is 3. The second-order valence-corrected chi connectivity index (χ2v) is 4.71. The first kappa shape index (κ1) is 13.3. The SMILES string of the molecule is Cc1ccnc(SCc2cccnc2C(N)=NO)n1. The molecule has 0 aliphatic rings. The molecule has 7 heteroatoms. The summed E-state index contributed by atoms with van der Waals surface area (Å²) in [6, 6.07) is 5.53. The van der Waals surface area contributed by atoms with Crippen LogP contribution in [0, 0.1) is 6.92 Å². The van der Waals surface area contributed by atoms with E-state index in [0.717, 1.165) is 11.3 Å². The zero-order valence-electron chi connectivity index (χ0n) is 10.3. The predicted octanol–water partition coefficient (Wildman–Crippen LogP) is 1.57. The summed E-state index contributed by atoms with van der Waals surface area (Å²) in [4.78, 5) is 12.6. The smallest absolute Gasteiger partial charge is 0.189 e. The molecular formula is C12H13N5OS. The number of rotatable bonds is 4. The fourth-order valence-corrected chi connectivity index (χ4v) is 2.33. The van der Waals surface area contributed by atoms with E-state index in [9.17, 15) is 0 Å². The van der Waals surface area contributed by atoms with Crippen LogP contribution in [-0.4, -0.2) is 26.0 Å². The average Bonchev–Trinajstić information content (AvgIpc) is 2.45. The van der Waals surface area contributed by atoms with Gasteiger partial charge in [0.1, 0.15) is 5.69 Å². The summed E-state index contributed by atoms with van der Waals surface area (Å²) >= 11 is 1.48. The first-order valence-corrected chi connectivity index (χ1v) is 6.53. The molecule has 0 radical (unpaired) electrons. The van der Waals surface area contributed by atoms with Crippen molar-refractivity contribution in [1.82, 2.24) is 15.0 Å². The topological polar surface area (TPSA) is 97.3 Å². The van der Waals surface area contributed by atoms with Crippen LogP contribution in [0.2, 0.25) is 0 Å². The van der Waals surface area contributed by atoms with E-state index in [1.54, 1.807) is 18.5 Å². The first-order chi connectivity index (χ1) is 9.20. The summed E-state index contributed by atoms with van der Waals surface area (Å²) in [5.41, 5.74) is 7.85. The maximum absolute atomic E-state index is 8.73. The maximum atomic E-state index is 8.73. The van der Waals surface area contributed by atoms with Gasteiger partial charge in [-0.1, -0.05) is 23.0 Å². The van der Waals surface area contributed by atoms with Crippen LogP contribution >= 0.6 is 11.8 Å². The normalized spacial score (nSPS) is 11.5. The van der Waals surface area contributed by atoms with Crippen molar-refractivity contribution >= 4 is 17.6 Å². The molecule has 0 saturated heterocycles. The molecule has 0 aliphatic heterocycles. The summed E-state index contributed by atoms with van der Waals surface area (Å²) in [5.74, 6) is 0.601. The van der Waals surface area contributed by atoms with Crippen LogP contribution in [0.1, 0.15) is 17.0 Å².